The number of furan rings is 1. The summed E-state index contributed by atoms with van der Waals surface area (Å²) in [5, 5.41) is 2.00. The normalized spacial score (nSPS) is 19.0. The van der Waals surface area contributed by atoms with E-state index in [1.807, 2.05) is 24.6 Å². The van der Waals surface area contributed by atoms with E-state index in [9.17, 15) is 1.37 Å². The number of aromatic nitrogens is 1. The number of benzene rings is 4. The zero-order chi connectivity index (χ0) is 35.8. The maximum atomic E-state index is 9.52. The molecule has 0 unspecified atom stereocenters. The van der Waals surface area contributed by atoms with Crippen LogP contribution in [0.2, 0.25) is 0 Å². The van der Waals surface area contributed by atoms with Crippen LogP contribution in [0.15, 0.2) is 95.5 Å². The lowest BCUT2D eigenvalue weighted by Crippen LogP contribution is -2.32. The van der Waals surface area contributed by atoms with Crippen molar-refractivity contribution in [2.75, 3.05) is 0 Å². The predicted octanol–water partition coefficient (Wildman–Crippen LogP) is 11.7. The summed E-state index contributed by atoms with van der Waals surface area (Å²) in [6.45, 7) is 8.82. The zero-order valence-corrected chi connectivity index (χ0v) is 27.3. The molecule has 2 aromatic heterocycles. The molecule has 4 aromatic carbocycles. The molecule has 1 fully saturated rings. The molecule has 0 amide bonds. The van der Waals surface area contributed by atoms with E-state index in [-0.39, 0.29) is 23.3 Å². The highest BCUT2D eigenvalue weighted by molar-refractivity contribution is 6.13. The molecule has 0 radical (unpaired) electrons. The van der Waals surface area contributed by atoms with E-state index < -0.39 is 12.7 Å². The summed E-state index contributed by atoms with van der Waals surface area (Å²) in [4.78, 5) is 0. The van der Waals surface area contributed by atoms with Gasteiger partial charge in [0.1, 0.15) is 18.2 Å². The van der Waals surface area contributed by atoms with Gasteiger partial charge in [-0.15, -0.1) is 0 Å². The highest BCUT2D eigenvalue weighted by atomic mass is 16.3. The van der Waals surface area contributed by atoms with Gasteiger partial charge in [-0.2, -0.15) is 0 Å². The van der Waals surface area contributed by atoms with Gasteiger partial charge in [-0.3, -0.25) is 0 Å². The molecule has 7 rings (SSSR count). The highest BCUT2D eigenvalue weighted by Crippen LogP contribution is 2.52. The summed E-state index contributed by atoms with van der Waals surface area (Å²) < 4.78 is 50.3. The lowest BCUT2D eigenvalue weighted by molar-refractivity contribution is -0.660. The Morgan fingerprint density at radius 1 is 0.756 bits per heavy atom. The summed E-state index contributed by atoms with van der Waals surface area (Å²) in [6, 6.07) is 29.5. The number of nitrogens with zero attached hydrogens (tertiary/aromatic N) is 1. The number of para-hydroxylation sites is 1. The summed E-state index contributed by atoms with van der Waals surface area (Å²) in [7, 11) is 1.85. The van der Waals surface area contributed by atoms with Crippen molar-refractivity contribution in [2.24, 2.45) is 17.9 Å². The van der Waals surface area contributed by atoms with Crippen LogP contribution in [-0.2, 0) is 7.05 Å². The van der Waals surface area contributed by atoms with Crippen LogP contribution in [0.5, 0.6) is 0 Å². The molecule has 0 saturated heterocycles. The van der Waals surface area contributed by atoms with Gasteiger partial charge in [0.2, 0.25) is 5.69 Å². The van der Waals surface area contributed by atoms with E-state index >= 15 is 0 Å². The van der Waals surface area contributed by atoms with E-state index in [1.165, 1.54) is 0 Å². The highest BCUT2D eigenvalue weighted by Gasteiger charge is 2.38. The Kier molecular flexibility index (Phi) is 5.75. The molecule has 0 N–H and O–H groups in total. The van der Waals surface area contributed by atoms with Gasteiger partial charge in [-0.25, -0.2) is 4.57 Å². The van der Waals surface area contributed by atoms with Gasteiger partial charge in [0.05, 0.1) is 5.56 Å². The smallest absolute Gasteiger partial charge is 0.216 e. The van der Waals surface area contributed by atoms with Crippen LogP contribution < -0.4 is 4.57 Å². The lowest BCUT2D eigenvalue weighted by atomic mass is 9.60. The fourth-order valence-electron chi connectivity index (χ4n) is 8.05. The first kappa shape index (κ1) is 24.1. The minimum Gasteiger partial charge on any atom is -0.454 e. The Morgan fingerprint density at radius 3 is 2.20 bits per heavy atom. The number of pyridine rings is 1. The van der Waals surface area contributed by atoms with Gasteiger partial charge in [0, 0.05) is 34.8 Å². The molecule has 2 heterocycles. The molecule has 228 valence electrons. The molecule has 2 nitrogen and oxygen atoms in total. The number of rotatable bonds is 4. The largest absolute Gasteiger partial charge is 0.454 e. The Morgan fingerprint density at radius 2 is 1.47 bits per heavy atom. The van der Waals surface area contributed by atoms with Crippen LogP contribution in [-0.4, -0.2) is 0 Å². The molecule has 1 aliphatic carbocycles. The fourth-order valence-corrected chi connectivity index (χ4v) is 8.05. The molecule has 6 aromatic rings. The molecule has 1 aliphatic rings. The quantitative estimate of drug-likeness (QED) is 0.185. The topological polar surface area (TPSA) is 17.0 Å². The SMILES string of the molecule is [2H]Cc1cc(-c2c(C)ccc3c2oc2c(-c4cccc(-c5ccc(C6([2H])CC(C)(C)CC(C)(C)C6)cc5)c4)cccc23)[n+](C)cc1C([2H])([2H])[2H]. The van der Waals surface area contributed by atoms with Gasteiger partial charge in [0.15, 0.2) is 6.20 Å². The summed E-state index contributed by atoms with van der Waals surface area (Å²) in [5.41, 5.74) is 10.5. The lowest BCUT2D eigenvalue weighted by Gasteiger charge is -2.45. The Hall–Kier alpha value is -4.17. The first-order valence-electron chi connectivity index (χ1n) is 18.7. The van der Waals surface area contributed by atoms with Gasteiger partial charge < -0.3 is 4.42 Å². The van der Waals surface area contributed by atoms with Gasteiger partial charge in [-0.1, -0.05) is 100 Å². The molecular formula is C43H46NO+. The van der Waals surface area contributed by atoms with Crippen molar-refractivity contribution in [3.8, 4) is 33.5 Å². The maximum absolute atomic E-state index is 9.52. The third-order valence-electron chi connectivity index (χ3n) is 9.63. The number of aryl methyl sites for hydroxylation is 4. The van der Waals surface area contributed by atoms with E-state index in [0.29, 0.717) is 5.56 Å². The van der Waals surface area contributed by atoms with E-state index in [2.05, 4.69) is 107 Å². The third kappa shape index (κ3) is 5.39. The standard InChI is InChI=1S/C43H46NO/c1-27-15-20-37-36-14-10-13-35(40(36)45-41(37)39(27)38-21-28(2)29(3)25-44(38)8)33-12-9-11-32(22-33)30-16-18-31(19-17-30)34-23-42(4,5)26-43(6,7)24-34/h9-22,25,34H,23-24,26H2,1-8H3/q+1/i2D,3D3,34D. The Bertz CT molecular complexity index is 2240. The maximum Gasteiger partial charge on any atom is 0.216 e. The second-order valence-corrected chi connectivity index (χ2v) is 14.7. The number of hydrogen-bond donors (Lipinski definition) is 0. The van der Waals surface area contributed by atoms with E-state index in [0.717, 1.165) is 85.8 Å². The summed E-state index contributed by atoms with van der Waals surface area (Å²) >= 11 is 0. The van der Waals surface area contributed by atoms with Crippen molar-refractivity contribution in [3.63, 3.8) is 0 Å². The van der Waals surface area contributed by atoms with Crippen molar-refractivity contribution in [3.05, 3.63) is 113 Å². The molecule has 45 heavy (non-hydrogen) atoms. The van der Waals surface area contributed by atoms with Gasteiger partial charge in [-0.05, 0) is 96.1 Å². The number of fused-ring (bicyclic) bond motifs is 3. The first-order valence-corrected chi connectivity index (χ1v) is 16.0. The molecule has 0 spiro atoms. The van der Waals surface area contributed by atoms with Gasteiger partial charge in [0.25, 0.3) is 0 Å². The minimum absolute atomic E-state index is 0.125. The average molecular weight is 598 g/mol. The Balaban J connectivity index is 1.30. The van der Waals surface area contributed by atoms with Gasteiger partial charge >= 0.3 is 0 Å². The average Bonchev–Trinajstić information content (AvgIpc) is 3.42. The first-order chi connectivity index (χ1) is 23.5. The predicted molar refractivity (Wildman–Crippen MR) is 190 cm³/mol. The monoisotopic (exact) mass is 597 g/mol. The minimum atomic E-state index is -2.30. The van der Waals surface area contributed by atoms with Crippen LogP contribution in [0.1, 0.15) is 82.0 Å². The van der Waals surface area contributed by atoms with Crippen LogP contribution in [0, 0.1) is 31.5 Å². The molecule has 2 heteroatoms. The number of hydrogen-bond acceptors (Lipinski definition) is 1. The Labute approximate surface area is 275 Å². The molecule has 0 atom stereocenters. The van der Waals surface area contributed by atoms with Crippen LogP contribution in [0.3, 0.4) is 0 Å². The van der Waals surface area contributed by atoms with Crippen molar-refractivity contribution in [1.82, 2.24) is 0 Å². The second kappa shape index (κ2) is 10.7. The van der Waals surface area contributed by atoms with Crippen molar-refractivity contribution in [2.45, 2.75) is 73.5 Å². The van der Waals surface area contributed by atoms with Crippen LogP contribution >= 0.6 is 0 Å². The van der Waals surface area contributed by atoms with Crippen molar-refractivity contribution < 1.29 is 15.8 Å². The van der Waals surface area contributed by atoms with E-state index in [1.54, 1.807) is 6.20 Å². The summed E-state index contributed by atoms with van der Waals surface area (Å²) in [5.74, 6) is -0.600. The second-order valence-electron chi connectivity index (χ2n) is 14.7. The zero-order valence-electron chi connectivity index (χ0n) is 32.3. The fraction of sp³-hybridized carbons (Fsp3) is 0.326. The summed E-state index contributed by atoms with van der Waals surface area (Å²) in [6.07, 6.45) is 4.49. The molecule has 0 bridgehead atoms. The molecular weight excluding hydrogens is 546 g/mol. The van der Waals surface area contributed by atoms with Crippen LogP contribution in [0.25, 0.3) is 55.4 Å². The third-order valence-corrected chi connectivity index (χ3v) is 9.63. The van der Waals surface area contributed by atoms with Crippen molar-refractivity contribution in [1.29, 1.82) is 0 Å². The molecule has 1 saturated carbocycles. The van der Waals surface area contributed by atoms with E-state index in [4.69, 9.17) is 9.90 Å². The molecule has 0 aliphatic heterocycles. The van der Waals surface area contributed by atoms with Crippen LogP contribution in [0.4, 0.5) is 0 Å². The van der Waals surface area contributed by atoms with Crippen molar-refractivity contribution >= 4 is 21.9 Å².